The van der Waals surface area contributed by atoms with Crippen LogP contribution in [-0.2, 0) is 13.0 Å². The quantitative estimate of drug-likeness (QED) is 0.418. The first kappa shape index (κ1) is 18.1. The number of carbonyl (C=O) groups excluding carboxylic acids is 1. The van der Waals surface area contributed by atoms with Gasteiger partial charge in [0.2, 0.25) is 0 Å². The number of hydrogen-bond donors (Lipinski definition) is 0. The van der Waals surface area contributed by atoms with Crippen LogP contribution in [0.15, 0.2) is 61.1 Å². The number of Topliss-reactive ketones (excluding diaryl/α,β-unsaturated/α-hetero) is 1. The lowest BCUT2D eigenvalue weighted by molar-refractivity contribution is 0.0971. The molecule has 0 atom stereocenters. The monoisotopic (exact) mass is 346 g/mol. The van der Waals surface area contributed by atoms with Crippen molar-refractivity contribution >= 4 is 5.78 Å². The number of imidazole rings is 1. The van der Waals surface area contributed by atoms with E-state index in [0.29, 0.717) is 18.7 Å². The summed E-state index contributed by atoms with van der Waals surface area (Å²) in [4.78, 5) is 16.8. The van der Waals surface area contributed by atoms with Crippen molar-refractivity contribution in [3.63, 3.8) is 0 Å². The summed E-state index contributed by atoms with van der Waals surface area (Å²) in [6.45, 7) is 5.01. The average Bonchev–Trinajstić information content (AvgIpc) is 3.09. The number of unbranched alkanes of at least 4 members (excludes halogenated alkanes) is 1. The summed E-state index contributed by atoms with van der Waals surface area (Å²) in [5.41, 5.74) is 6.00. The Bertz CT molecular complexity index is 845. The zero-order valence-electron chi connectivity index (χ0n) is 15.6. The maximum absolute atomic E-state index is 12.6. The molecule has 0 amide bonds. The Labute approximate surface area is 155 Å². The number of nitrogens with zero attached hydrogens (tertiary/aromatic N) is 2. The van der Waals surface area contributed by atoms with Gasteiger partial charge in [0.15, 0.2) is 5.78 Å². The predicted octanol–water partition coefficient (Wildman–Crippen LogP) is 5.14. The van der Waals surface area contributed by atoms with Crippen LogP contribution < -0.4 is 0 Å². The van der Waals surface area contributed by atoms with Gasteiger partial charge in [0.25, 0.3) is 0 Å². The number of rotatable bonds is 8. The number of carbonyl (C=O) groups is 1. The van der Waals surface area contributed by atoms with Crippen molar-refractivity contribution in [1.82, 2.24) is 9.55 Å². The highest BCUT2D eigenvalue weighted by atomic mass is 16.1. The fourth-order valence-corrected chi connectivity index (χ4v) is 3.42. The van der Waals surface area contributed by atoms with Crippen LogP contribution >= 0.6 is 0 Å². The van der Waals surface area contributed by atoms with Gasteiger partial charge in [-0.3, -0.25) is 4.79 Å². The zero-order chi connectivity index (χ0) is 18.4. The Hall–Kier alpha value is -2.68. The van der Waals surface area contributed by atoms with E-state index >= 15 is 0 Å². The minimum Gasteiger partial charge on any atom is -0.324 e. The second kappa shape index (κ2) is 8.61. The van der Waals surface area contributed by atoms with Crippen LogP contribution in [0.1, 0.15) is 52.0 Å². The molecular weight excluding hydrogens is 320 g/mol. The van der Waals surface area contributed by atoms with Crippen molar-refractivity contribution in [2.75, 3.05) is 0 Å². The standard InChI is InChI=1S/C23H26N2O/c1-18-9-8-10-19(2)21(18)13-6-7-14-23(26)22-15-24-17-25(22)16-20-11-4-3-5-12-20/h3-5,8-12,15,17H,6-7,13-14,16H2,1-2H3. The molecule has 0 aliphatic carbocycles. The molecule has 3 aromatic rings. The van der Waals surface area contributed by atoms with Crippen LogP contribution in [0.25, 0.3) is 0 Å². The Morgan fingerprint density at radius 1 is 0.962 bits per heavy atom. The Kier molecular flexibility index (Phi) is 6.00. The van der Waals surface area contributed by atoms with Crippen molar-refractivity contribution in [3.8, 4) is 0 Å². The van der Waals surface area contributed by atoms with Crippen LogP contribution in [0.4, 0.5) is 0 Å². The van der Waals surface area contributed by atoms with Gasteiger partial charge in [-0.2, -0.15) is 0 Å². The molecule has 3 nitrogen and oxygen atoms in total. The molecule has 0 radical (unpaired) electrons. The van der Waals surface area contributed by atoms with E-state index < -0.39 is 0 Å². The van der Waals surface area contributed by atoms with Crippen molar-refractivity contribution in [1.29, 1.82) is 0 Å². The van der Waals surface area contributed by atoms with E-state index in [1.807, 2.05) is 22.8 Å². The molecule has 1 aromatic heterocycles. The highest BCUT2D eigenvalue weighted by Gasteiger charge is 2.12. The van der Waals surface area contributed by atoms with Crippen LogP contribution in [-0.4, -0.2) is 15.3 Å². The second-order valence-corrected chi connectivity index (χ2v) is 6.89. The molecule has 0 saturated carbocycles. The number of aromatic nitrogens is 2. The first-order chi connectivity index (χ1) is 12.6. The van der Waals surface area contributed by atoms with Gasteiger partial charge >= 0.3 is 0 Å². The van der Waals surface area contributed by atoms with Crippen LogP contribution in [0, 0.1) is 13.8 Å². The van der Waals surface area contributed by atoms with E-state index in [1.54, 1.807) is 12.5 Å². The molecular formula is C23H26N2O. The molecule has 0 N–H and O–H groups in total. The molecule has 0 aliphatic rings. The topological polar surface area (TPSA) is 34.9 Å². The SMILES string of the molecule is Cc1cccc(C)c1CCCCC(=O)c1cncn1Cc1ccccc1. The van der Waals surface area contributed by atoms with Gasteiger partial charge in [0, 0.05) is 13.0 Å². The summed E-state index contributed by atoms with van der Waals surface area (Å²) < 4.78 is 1.95. The van der Waals surface area contributed by atoms with E-state index in [0.717, 1.165) is 19.3 Å². The number of hydrogen-bond acceptors (Lipinski definition) is 2. The van der Waals surface area contributed by atoms with E-state index in [2.05, 4.69) is 49.2 Å². The van der Waals surface area contributed by atoms with Gasteiger partial charge < -0.3 is 4.57 Å². The lowest BCUT2D eigenvalue weighted by Crippen LogP contribution is -2.09. The lowest BCUT2D eigenvalue weighted by atomic mass is 9.97. The van der Waals surface area contributed by atoms with E-state index in [9.17, 15) is 4.79 Å². The summed E-state index contributed by atoms with van der Waals surface area (Å²) >= 11 is 0. The fraction of sp³-hybridized carbons (Fsp3) is 0.304. The van der Waals surface area contributed by atoms with E-state index in [-0.39, 0.29) is 5.78 Å². The third-order valence-corrected chi connectivity index (χ3v) is 4.92. The molecule has 26 heavy (non-hydrogen) atoms. The van der Waals surface area contributed by atoms with Crippen LogP contribution in [0.2, 0.25) is 0 Å². The molecule has 0 unspecified atom stereocenters. The third kappa shape index (κ3) is 4.48. The minimum atomic E-state index is 0.180. The molecule has 0 aliphatic heterocycles. The van der Waals surface area contributed by atoms with E-state index in [4.69, 9.17) is 0 Å². The van der Waals surface area contributed by atoms with Crippen molar-refractivity contribution in [3.05, 3.63) is 89.0 Å². The van der Waals surface area contributed by atoms with Crippen molar-refractivity contribution < 1.29 is 4.79 Å². The lowest BCUT2D eigenvalue weighted by Gasteiger charge is -2.10. The van der Waals surface area contributed by atoms with Gasteiger partial charge in [0.1, 0.15) is 5.69 Å². The van der Waals surface area contributed by atoms with Gasteiger partial charge in [-0.1, -0.05) is 48.5 Å². The normalized spacial score (nSPS) is 10.8. The summed E-state index contributed by atoms with van der Waals surface area (Å²) in [5, 5.41) is 0. The summed E-state index contributed by atoms with van der Waals surface area (Å²) in [6.07, 6.45) is 6.99. The first-order valence-electron chi connectivity index (χ1n) is 9.27. The van der Waals surface area contributed by atoms with Gasteiger partial charge in [-0.05, 0) is 55.4 Å². The average molecular weight is 346 g/mol. The first-order valence-corrected chi connectivity index (χ1v) is 9.27. The second-order valence-electron chi connectivity index (χ2n) is 6.89. The fourth-order valence-electron chi connectivity index (χ4n) is 3.42. The van der Waals surface area contributed by atoms with Gasteiger partial charge in [0.05, 0.1) is 12.5 Å². The Morgan fingerprint density at radius 2 is 1.69 bits per heavy atom. The number of ketones is 1. The van der Waals surface area contributed by atoms with Crippen LogP contribution in [0.5, 0.6) is 0 Å². The molecule has 0 spiro atoms. The molecule has 0 saturated heterocycles. The largest absolute Gasteiger partial charge is 0.324 e. The predicted molar refractivity (Wildman–Crippen MR) is 106 cm³/mol. The molecule has 1 heterocycles. The summed E-state index contributed by atoms with van der Waals surface area (Å²) in [7, 11) is 0. The molecule has 0 fully saturated rings. The zero-order valence-corrected chi connectivity index (χ0v) is 15.6. The summed E-state index contributed by atoms with van der Waals surface area (Å²) in [5.74, 6) is 0.180. The smallest absolute Gasteiger partial charge is 0.180 e. The molecule has 3 rings (SSSR count). The third-order valence-electron chi connectivity index (χ3n) is 4.92. The van der Waals surface area contributed by atoms with Crippen LogP contribution in [0.3, 0.4) is 0 Å². The maximum Gasteiger partial charge on any atom is 0.180 e. The highest BCUT2D eigenvalue weighted by molar-refractivity contribution is 5.94. The molecule has 0 bridgehead atoms. The van der Waals surface area contributed by atoms with Gasteiger partial charge in [-0.15, -0.1) is 0 Å². The number of benzene rings is 2. The minimum absolute atomic E-state index is 0.180. The molecule has 2 aromatic carbocycles. The molecule has 134 valence electrons. The van der Waals surface area contributed by atoms with Gasteiger partial charge in [-0.25, -0.2) is 4.98 Å². The Balaban J connectivity index is 1.54. The van der Waals surface area contributed by atoms with E-state index in [1.165, 1.54) is 22.3 Å². The summed E-state index contributed by atoms with van der Waals surface area (Å²) in [6, 6.07) is 16.6. The van der Waals surface area contributed by atoms with Crippen molar-refractivity contribution in [2.24, 2.45) is 0 Å². The number of aryl methyl sites for hydroxylation is 2. The molecule has 3 heteroatoms. The maximum atomic E-state index is 12.6. The Morgan fingerprint density at radius 3 is 2.42 bits per heavy atom. The van der Waals surface area contributed by atoms with Crippen molar-refractivity contribution in [2.45, 2.75) is 46.1 Å². The highest BCUT2D eigenvalue weighted by Crippen LogP contribution is 2.17.